The molecule has 17 unspecified atom stereocenters. The van der Waals surface area contributed by atoms with Crippen LogP contribution in [-0.2, 0) is 33.2 Å². The molecule has 0 bridgehead atoms. The molecule has 3 heterocycles. The molecule has 3 aliphatic rings. The normalized spacial score (nSPS) is 29.0. The number of ether oxygens (including phenoxy) is 6. The highest BCUT2D eigenvalue weighted by Gasteiger charge is 2.53. The van der Waals surface area contributed by atoms with Crippen molar-refractivity contribution in [3.05, 3.63) is 72.9 Å². The summed E-state index contributed by atoms with van der Waals surface area (Å²) in [4.78, 5) is 13.4. The van der Waals surface area contributed by atoms with Crippen molar-refractivity contribution in [3.8, 4) is 0 Å². The lowest BCUT2D eigenvalue weighted by molar-refractivity contribution is -0.379. The third kappa shape index (κ3) is 32.4. The highest BCUT2D eigenvalue weighted by atomic mass is 16.8. The first-order chi connectivity index (χ1) is 42.3. The Morgan fingerprint density at radius 2 is 0.793 bits per heavy atom. The third-order valence-corrected chi connectivity index (χ3v) is 16.5. The van der Waals surface area contributed by atoms with Crippen molar-refractivity contribution < 1.29 is 89.4 Å². The fraction of sp³-hybridized carbons (Fsp3) is 0.809. The molecule has 3 fully saturated rings. The van der Waals surface area contributed by atoms with E-state index in [-0.39, 0.29) is 18.9 Å². The third-order valence-electron chi connectivity index (χ3n) is 16.5. The van der Waals surface area contributed by atoms with Crippen LogP contribution in [0.15, 0.2) is 72.9 Å². The maximum Gasteiger partial charge on any atom is 0.220 e. The summed E-state index contributed by atoms with van der Waals surface area (Å²) in [5.74, 6) is -0.286. The van der Waals surface area contributed by atoms with Gasteiger partial charge in [-0.15, -0.1) is 0 Å². The number of aliphatic hydroxyl groups excluding tert-OH is 11. The number of amides is 1. The summed E-state index contributed by atoms with van der Waals surface area (Å²) in [5.41, 5.74) is 0. The molecular weight excluding hydrogens is 1120 g/mol. The maximum atomic E-state index is 13.4. The Kier molecular flexibility index (Phi) is 45.0. The predicted octanol–water partition coefficient (Wildman–Crippen LogP) is 8.16. The van der Waals surface area contributed by atoms with Gasteiger partial charge in [-0.25, -0.2) is 0 Å². The molecule has 1 amide bonds. The average Bonchev–Trinajstić information content (AvgIpc) is 2.40. The number of allylic oxidation sites excluding steroid dienone is 12. The first-order valence-electron chi connectivity index (χ1n) is 33.7. The maximum absolute atomic E-state index is 13.4. The van der Waals surface area contributed by atoms with Crippen molar-refractivity contribution >= 4 is 5.91 Å². The van der Waals surface area contributed by atoms with Crippen molar-refractivity contribution in [1.82, 2.24) is 5.32 Å². The number of nitrogens with one attached hydrogen (secondary N) is 1. The summed E-state index contributed by atoms with van der Waals surface area (Å²) in [6.45, 7) is 1.65. The van der Waals surface area contributed by atoms with E-state index in [1.54, 1.807) is 0 Å². The van der Waals surface area contributed by atoms with Gasteiger partial charge in [0.1, 0.15) is 73.2 Å². The molecule has 0 spiro atoms. The quantitative estimate of drug-likeness (QED) is 0.0202. The zero-order valence-corrected chi connectivity index (χ0v) is 53.0. The van der Waals surface area contributed by atoms with Crippen LogP contribution in [0.3, 0.4) is 0 Å². The molecule has 3 saturated heterocycles. The van der Waals surface area contributed by atoms with Gasteiger partial charge < -0.3 is 89.9 Å². The Balaban J connectivity index is 1.47. The molecule has 504 valence electrons. The molecule has 0 aromatic heterocycles. The first kappa shape index (κ1) is 78.5. The molecule has 0 aromatic carbocycles. The lowest BCUT2D eigenvalue weighted by Crippen LogP contribution is -2.66. The van der Waals surface area contributed by atoms with E-state index in [1.165, 1.54) is 109 Å². The van der Waals surface area contributed by atoms with Crippen LogP contribution in [0.2, 0.25) is 0 Å². The van der Waals surface area contributed by atoms with Gasteiger partial charge in [0.05, 0.1) is 38.6 Å². The summed E-state index contributed by atoms with van der Waals surface area (Å²) in [6.07, 6.45) is 34.0. The summed E-state index contributed by atoms with van der Waals surface area (Å²) >= 11 is 0. The van der Waals surface area contributed by atoms with E-state index in [9.17, 15) is 61.0 Å². The minimum Gasteiger partial charge on any atom is -0.394 e. The largest absolute Gasteiger partial charge is 0.394 e. The van der Waals surface area contributed by atoms with Gasteiger partial charge in [-0.2, -0.15) is 0 Å². The number of aliphatic hydroxyl groups is 11. The number of unbranched alkanes of at least 4 members (excludes halogenated alkanes) is 22. The number of hydrogen-bond donors (Lipinski definition) is 12. The molecule has 19 heteroatoms. The molecule has 87 heavy (non-hydrogen) atoms. The zero-order chi connectivity index (χ0) is 63.3. The van der Waals surface area contributed by atoms with Gasteiger partial charge >= 0.3 is 0 Å². The van der Waals surface area contributed by atoms with E-state index in [0.717, 1.165) is 70.6 Å². The fourth-order valence-corrected chi connectivity index (χ4v) is 11.1. The van der Waals surface area contributed by atoms with Crippen molar-refractivity contribution in [2.75, 3.05) is 26.4 Å². The summed E-state index contributed by atoms with van der Waals surface area (Å²) in [5, 5.41) is 121. The van der Waals surface area contributed by atoms with E-state index < -0.39 is 124 Å². The van der Waals surface area contributed by atoms with Gasteiger partial charge in [-0.3, -0.25) is 4.79 Å². The van der Waals surface area contributed by atoms with Crippen LogP contribution in [0.1, 0.15) is 219 Å². The predicted molar refractivity (Wildman–Crippen MR) is 337 cm³/mol. The van der Waals surface area contributed by atoms with Gasteiger partial charge in [0, 0.05) is 6.42 Å². The SMILES string of the molecule is CC/C=C\C/C=C\C/C=C\C/C=C\C/C=C\C/C=C\CCCCC(=O)NC(COC1OC(CO)C(OC2OC(CO)C(OC3OC(CO)C(O)C(O)C3O)C(O)C2O)C(O)C1O)C(O)CCCCCCCCCCCCCCCCCCCCCCC. The van der Waals surface area contributed by atoms with E-state index >= 15 is 0 Å². The summed E-state index contributed by atoms with van der Waals surface area (Å²) < 4.78 is 34.4. The molecule has 12 N–H and O–H groups in total. The highest BCUT2D eigenvalue weighted by Crippen LogP contribution is 2.33. The minimum absolute atomic E-state index is 0.208. The second-order valence-corrected chi connectivity index (χ2v) is 23.9. The fourth-order valence-electron chi connectivity index (χ4n) is 11.1. The second kappa shape index (κ2) is 49.9. The van der Waals surface area contributed by atoms with Crippen LogP contribution in [0.5, 0.6) is 0 Å². The van der Waals surface area contributed by atoms with E-state index in [4.69, 9.17) is 28.4 Å². The standard InChI is InChI=1S/C68H119NO18/c1-3-5-7-9-11-13-15-17-19-21-23-25-27-29-31-33-35-37-39-41-43-45-52(73)51(69-56(74)46-44-42-40-38-36-34-32-30-28-26-24-22-20-18-16-14-12-10-8-6-4-2)50-82-66-62(80)59(77)64(54(48-71)84-66)87-68-63(81)60(78)65(55(49-72)85-68)86-67-61(79)58(76)57(75)53(47-70)83-67/h6,8,12,14,18,20,24,26,30,32,36,38,51-55,57-68,70-73,75-81H,3-5,7,9-11,13,15-17,19,21-23,25,27-29,31,33-35,37,39-50H2,1-2H3,(H,69,74)/b8-6-,14-12-,20-18-,26-24-,32-30-,38-36-. The smallest absolute Gasteiger partial charge is 0.220 e. The number of carbonyl (C=O) groups excluding carboxylic acids is 1. The molecular formula is C68H119NO18. The van der Waals surface area contributed by atoms with Gasteiger partial charge in [0.15, 0.2) is 18.9 Å². The Morgan fingerprint density at radius 3 is 1.22 bits per heavy atom. The zero-order valence-electron chi connectivity index (χ0n) is 53.0. The van der Waals surface area contributed by atoms with Crippen LogP contribution in [0.4, 0.5) is 0 Å². The molecule has 3 aliphatic heterocycles. The van der Waals surface area contributed by atoms with Gasteiger partial charge in [0.2, 0.25) is 5.91 Å². The number of carbonyl (C=O) groups is 1. The molecule has 0 aliphatic carbocycles. The summed E-state index contributed by atoms with van der Waals surface area (Å²) in [6, 6.07) is -0.915. The van der Waals surface area contributed by atoms with Crippen molar-refractivity contribution in [1.29, 1.82) is 0 Å². The minimum atomic E-state index is -1.98. The van der Waals surface area contributed by atoms with Gasteiger partial charge in [-0.1, -0.05) is 222 Å². The van der Waals surface area contributed by atoms with Crippen LogP contribution in [0.25, 0.3) is 0 Å². The number of rotatable bonds is 50. The molecule has 19 nitrogen and oxygen atoms in total. The number of hydrogen-bond acceptors (Lipinski definition) is 18. The Morgan fingerprint density at radius 1 is 0.425 bits per heavy atom. The molecule has 0 aromatic rings. The lowest BCUT2D eigenvalue weighted by Gasteiger charge is -2.48. The second-order valence-electron chi connectivity index (χ2n) is 23.9. The van der Waals surface area contributed by atoms with Crippen LogP contribution < -0.4 is 5.32 Å². The highest BCUT2D eigenvalue weighted by molar-refractivity contribution is 5.76. The van der Waals surface area contributed by atoms with Crippen LogP contribution in [0, 0.1) is 0 Å². The molecule has 3 rings (SSSR count). The van der Waals surface area contributed by atoms with Crippen LogP contribution >= 0.6 is 0 Å². The Hall–Kier alpha value is -2.77. The van der Waals surface area contributed by atoms with Gasteiger partial charge in [0.25, 0.3) is 0 Å². The van der Waals surface area contributed by atoms with Crippen LogP contribution in [-0.4, -0.2) is 193 Å². The first-order valence-corrected chi connectivity index (χ1v) is 33.7. The van der Waals surface area contributed by atoms with Crippen molar-refractivity contribution in [2.45, 2.75) is 324 Å². The Bertz CT molecular complexity index is 1860. The van der Waals surface area contributed by atoms with Gasteiger partial charge in [-0.05, 0) is 64.2 Å². The topological polar surface area (TPSA) is 307 Å². The lowest BCUT2D eigenvalue weighted by atomic mass is 9.96. The van der Waals surface area contributed by atoms with E-state index in [2.05, 4.69) is 92.1 Å². The molecule has 0 radical (unpaired) electrons. The van der Waals surface area contributed by atoms with Crippen molar-refractivity contribution in [2.24, 2.45) is 0 Å². The monoisotopic (exact) mass is 1240 g/mol. The average molecular weight is 1240 g/mol. The Labute approximate surface area is 521 Å². The van der Waals surface area contributed by atoms with E-state index in [0.29, 0.717) is 19.3 Å². The molecule has 0 saturated carbocycles. The van der Waals surface area contributed by atoms with Crippen molar-refractivity contribution in [3.63, 3.8) is 0 Å². The van der Waals surface area contributed by atoms with E-state index in [1.807, 2.05) is 0 Å². The summed E-state index contributed by atoms with van der Waals surface area (Å²) in [7, 11) is 0. The molecule has 17 atom stereocenters.